The zero-order valence-electron chi connectivity index (χ0n) is 16.4. The van der Waals surface area contributed by atoms with Crippen molar-refractivity contribution in [1.29, 1.82) is 0 Å². The molecule has 9 heteroatoms. The third kappa shape index (κ3) is 3.49. The average Bonchev–Trinajstić information content (AvgIpc) is 3.23. The molecular weight excluding hydrogens is 390 g/mol. The highest BCUT2D eigenvalue weighted by molar-refractivity contribution is 7.17. The van der Waals surface area contributed by atoms with Crippen LogP contribution < -0.4 is 5.32 Å². The summed E-state index contributed by atoms with van der Waals surface area (Å²) in [5.74, 6) is -0.706. The van der Waals surface area contributed by atoms with E-state index in [-0.39, 0.29) is 23.6 Å². The molecule has 1 saturated heterocycles. The van der Waals surface area contributed by atoms with Gasteiger partial charge in [-0.2, -0.15) is 0 Å². The Bertz CT molecular complexity index is 1110. The number of carbonyl (C=O) groups is 3. The van der Waals surface area contributed by atoms with Crippen LogP contribution in [0.3, 0.4) is 0 Å². The molecule has 29 heavy (non-hydrogen) atoms. The number of carbonyl (C=O) groups excluding carboxylic acids is 3. The van der Waals surface area contributed by atoms with E-state index in [0.717, 1.165) is 22.2 Å². The molecule has 4 rings (SSSR count). The second-order valence-electron chi connectivity index (χ2n) is 7.28. The molecule has 3 heterocycles. The van der Waals surface area contributed by atoms with E-state index in [9.17, 15) is 14.4 Å². The maximum atomic E-state index is 12.7. The number of aryl methyl sites for hydroxylation is 1. The Balaban J connectivity index is 1.38. The minimum absolute atomic E-state index is 0.0875. The molecule has 2 aromatic heterocycles. The molecule has 0 radical (unpaired) electrons. The highest BCUT2D eigenvalue weighted by Crippen LogP contribution is 2.27. The largest absolute Gasteiger partial charge is 0.360 e. The van der Waals surface area contributed by atoms with E-state index in [4.69, 9.17) is 0 Å². The summed E-state index contributed by atoms with van der Waals surface area (Å²) in [5, 5.41) is 4.05. The number of H-pyrrole nitrogens is 1. The van der Waals surface area contributed by atoms with Crippen molar-refractivity contribution in [3.8, 4) is 0 Å². The zero-order chi connectivity index (χ0) is 20.7. The summed E-state index contributed by atoms with van der Waals surface area (Å²) in [7, 11) is 3.35. The Labute approximate surface area is 171 Å². The average molecular weight is 411 g/mol. The van der Waals surface area contributed by atoms with Crippen molar-refractivity contribution >= 4 is 45.1 Å². The maximum absolute atomic E-state index is 12.7. The number of hydrogen-bond acceptors (Lipinski definition) is 5. The van der Waals surface area contributed by atoms with Crippen LogP contribution in [0.15, 0.2) is 30.5 Å². The van der Waals surface area contributed by atoms with Gasteiger partial charge in [-0.25, -0.2) is 4.98 Å². The number of anilines is 1. The van der Waals surface area contributed by atoms with Crippen LogP contribution in [0.1, 0.15) is 25.7 Å². The predicted molar refractivity (Wildman–Crippen MR) is 111 cm³/mol. The fraction of sp³-hybridized carbons (Fsp3) is 0.300. The summed E-state index contributed by atoms with van der Waals surface area (Å²) in [6.45, 7) is 2.46. The van der Waals surface area contributed by atoms with Crippen LogP contribution in [0.5, 0.6) is 0 Å². The Morgan fingerprint density at radius 3 is 2.69 bits per heavy atom. The van der Waals surface area contributed by atoms with E-state index >= 15 is 0 Å². The summed E-state index contributed by atoms with van der Waals surface area (Å²) >= 11 is 1.16. The van der Waals surface area contributed by atoms with E-state index in [2.05, 4.69) is 15.3 Å². The summed E-state index contributed by atoms with van der Waals surface area (Å²) in [5.41, 5.74) is 2.11. The molecule has 0 bridgehead atoms. The third-order valence-corrected chi connectivity index (χ3v) is 6.05. The number of thiazole rings is 1. The van der Waals surface area contributed by atoms with Crippen molar-refractivity contribution in [2.45, 2.75) is 6.92 Å². The van der Waals surface area contributed by atoms with Crippen LogP contribution in [0.25, 0.3) is 10.9 Å². The topological polar surface area (TPSA) is 98.4 Å². The molecule has 0 saturated carbocycles. The number of benzene rings is 1. The Morgan fingerprint density at radius 2 is 1.97 bits per heavy atom. The van der Waals surface area contributed by atoms with Crippen LogP contribution in [0.2, 0.25) is 0 Å². The van der Waals surface area contributed by atoms with Crippen molar-refractivity contribution < 1.29 is 14.4 Å². The lowest BCUT2D eigenvalue weighted by atomic mass is 9.98. The molecule has 2 N–H and O–H groups in total. The van der Waals surface area contributed by atoms with Crippen molar-refractivity contribution in [3.05, 3.63) is 46.6 Å². The van der Waals surface area contributed by atoms with E-state index < -0.39 is 0 Å². The van der Waals surface area contributed by atoms with Gasteiger partial charge in [0.2, 0.25) is 5.91 Å². The predicted octanol–water partition coefficient (Wildman–Crippen LogP) is 2.35. The van der Waals surface area contributed by atoms with E-state index in [0.29, 0.717) is 34.4 Å². The quantitative estimate of drug-likeness (QED) is 0.688. The number of rotatable bonds is 4. The third-order valence-electron chi connectivity index (χ3n) is 4.99. The molecule has 8 nitrogen and oxygen atoms in total. The van der Waals surface area contributed by atoms with Gasteiger partial charge in [0.15, 0.2) is 5.13 Å². The van der Waals surface area contributed by atoms with Crippen molar-refractivity contribution in [1.82, 2.24) is 19.8 Å². The normalized spacial score (nSPS) is 14.0. The van der Waals surface area contributed by atoms with Gasteiger partial charge < -0.3 is 20.1 Å². The second kappa shape index (κ2) is 7.32. The number of aromatic nitrogens is 2. The highest BCUT2D eigenvalue weighted by atomic mass is 32.1. The standard InChI is InChI=1S/C20H21N5O3S/c1-11-16(19(28)24(2)3)29-20(22-11)23-17(26)12-9-25(10-12)18(27)14-8-21-15-7-5-4-6-13(14)15/h4-8,12,21H,9-10H2,1-3H3,(H,22,23,26). The number of nitrogens with zero attached hydrogens (tertiary/aromatic N) is 3. The van der Waals surface area contributed by atoms with E-state index in [1.54, 1.807) is 32.1 Å². The van der Waals surface area contributed by atoms with Crippen LogP contribution in [0.4, 0.5) is 5.13 Å². The molecule has 3 amide bonds. The summed E-state index contributed by atoms with van der Waals surface area (Å²) in [4.78, 5) is 48.4. The molecule has 1 aliphatic heterocycles. The Morgan fingerprint density at radius 1 is 1.24 bits per heavy atom. The molecule has 150 valence electrons. The first kappa shape index (κ1) is 19.1. The first-order chi connectivity index (χ1) is 13.8. The van der Waals surface area contributed by atoms with Crippen LogP contribution >= 0.6 is 11.3 Å². The lowest BCUT2D eigenvalue weighted by Crippen LogP contribution is -2.54. The van der Waals surface area contributed by atoms with Crippen LogP contribution in [-0.4, -0.2) is 64.7 Å². The summed E-state index contributed by atoms with van der Waals surface area (Å²) in [6, 6.07) is 7.63. The second-order valence-corrected chi connectivity index (χ2v) is 8.28. The van der Waals surface area contributed by atoms with Gasteiger partial charge >= 0.3 is 0 Å². The van der Waals surface area contributed by atoms with Gasteiger partial charge in [-0.15, -0.1) is 0 Å². The SMILES string of the molecule is Cc1nc(NC(=O)C2CN(C(=O)c3c[nH]c4ccccc34)C2)sc1C(=O)N(C)C. The van der Waals surface area contributed by atoms with Gasteiger partial charge in [0, 0.05) is 44.3 Å². The number of fused-ring (bicyclic) bond motifs is 1. The molecule has 0 spiro atoms. The highest BCUT2D eigenvalue weighted by Gasteiger charge is 2.37. The molecule has 1 fully saturated rings. The number of nitrogens with one attached hydrogen (secondary N) is 2. The minimum atomic E-state index is -0.290. The minimum Gasteiger partial charge on any atom is -0.360 e. The molecule has 0 unspecified atom stereocenters. The molecule has 0 atom stereocenters. The van der Waals surface area contributed by atoms with E-state index in [1.807, 2.05) is 24.3 Å². The van der Waals surface area contributed by atoms with Gasteiger partial charge in [0.1, 0.15) is 4.88 Å². The molecule has 1 aromatic carbocycles. The monoisotopic (exact) mass is 411 g/mol. The van der Waals surface area contributed by atoms with Crippen molar-refractivity contribution in [2.24, 2.45) is 5.92 Å². The molecule has 3 aromatic rings. The van der Waals surface area contributed by atoms with Crippen LogP contribution in [-0.2, 0) is 4.79 Å². The molecular formula is C20H21N5O3S. The lowest BCUT2D eigenvalue weighted by Gasteiger charge is -2.37. The molecule has 1 aliphatic rings. The zero-order valence-corrected chi connectivity index (χ0v) is 17.2. The Kier molecular flexibility index (Phi) is 4.83. The number of amides is 3. The smallest absolute Gasteiger partial charge is 0.265 e. The maximum Gasteiger partial charge on any atom is 0.265 e. The summed E-state index contributed by atoms with van der Waals surface area (Å²) in [6.07, 6.45) is 1.71. The van der Waals surface area contributed by atoms with Gasteiger partial charge in [0.05, 0.1) is 17.2 Å². The molecule has 0 aliphatic carbocycles. The summed E-state index contributed by atoms with van der Waals surface area (Å²) < 4.78 is 0. The van der Waals surface area contributed by atoms with Crippen molar-refractivity contribution in [3.63, 3.8) is 0 Å². The van der Waals surface area contributed by atoms with E-state index in [1.165, 1.54) is 4.90 Å². The van der Waals surface area contributed by atoms with Gasteiger partial charge in [0.25, 0.3) is 11.8 Å². The number of para-hydroxylation sites is 1. The first-order valence-electron chi connectivity index (χ1n) is 9.20. The first-order valence-corrected chi connectivity index (χ1v) is 10.0. The van der Waals surface area contributed by atoms with Crippen molar-refractivity contribution in [2.75, 3.05) is 32.5 Å². The number of hydrogen-bond donors (Lipinski definition) is 2. The fourth-order valence-electron chi connectivity index (χ4n) is 3.29. The number of likely N-dealkylation sites (tertiary alicyclic amines) is 1. The van der Waals surface area contributed by atoms with Gasteiger partial charge in [-0.05, 0) is 13.0 Å². The fourth-order valence-corrected chi connectivity index (χ4v) is 4.28. The Hall–Kier alpha value is -3.20. The van der Waals surface area contributed by atoms with Gasteiger partial charge in [-0.1, -0.05) is 29.5 Å². The van der Waals surface area contributed by atoms with Crippen LogP contribution in [0, 0.1) is 12.8 Å². The number of aromatic amines is 1. The van der Waals surface area contributed by atoms with Gasteiger partial charge in [-0.3, -0.25) is 14.4 Å². The lowest BCUT2D eigenvalue weighted by molar-refractivity contribution is -0.123.